The van der Waals surface area contributed by atoms with Gasteiger partial charge >= 0.3 is 47.8 Å². The van der Waals surface area contributed by atoms with E-state index in [0.29, 0.717) is 0 Å². The summed E-state index contributed by atoms with van der Waals surface area (Å²) in [5, 5.41) is 6.37. The third kappa shape index (κ3) is 8.05. The first-order valence-corrected chi connectivity index (χ1v) is 13.3. The lowest BCUT2D eigenvalue weighted by Gasteiger charge is -2.46. The average Bonchev–Trinajstić information content (AvgIpc) is 3.40. The van der Waals surface area contributed by atoms with Gasteiger partial charge in [-0.15, -0.1) is 0 Å². The second-order valence-electron chi connectivity index (χ2n) is 9.66. The monoisotopic (exact) mass is 661 g/mol. The lowest BCUT2D eigenvalue weighted by molar-refractivity contribution is -0.259. The maximum Gasteiger partial charge on any atom is 0.355 e. The van der Waals surface area contributed by atoms with Gasteiger partial charge in [0, 0.05) is 27.7 Å². The summed E-state index contributed by atoms with van der Waals surface area (Å²) in [5.41, 5.74) is -1.06. The van der Waals surface area contributed by atoms with Gasteiger partial charge < -0.3 is 42.6 Å². The molecule has 0 aromatic heterocycles. The highest BCUT2D eigenvalue weighted by molar-refractivity contribution is 6.42. The Bertz CT molecular complexity index is 1270. The Kier molecular flexibility index (Phi) is 12.9. The van der Waals surface area contributed by atoms with E-state index in [4.69, 9.17) is 37.9 Å². The predicted octanol–water partition coefficient (Wildman–Crippen LogP) is -2.97. The van der Waals surface area contributed by atoms with Crippen LogP contribution in [-0.2, 0) is 81.0 Å². The fourth-order valence-electron chi connectivity index (χ4n) is 4.89. The molecule has 2 heterocycles. The lowest BCUT2D eigenvalue weighted by Crippen LogP contribution is -2.75. The number of carbonyl (C=O) groups is 8. The molecule has 0 aromatic carbocycles. The first-order chi connectivity index (χ1) is 21.6. The highest BCUT2D eigenvalue weighted by Gasteiger charge is 2.67. The van der Waals surface area contributed by atoms with Gasteiger partial charge in [0.05, 0.1) is 28.4 Å². The molecule has 0 spiro atoms. The van der Waals surface area contributed by atoms with Crippen LogP contribution in [0.25, 0.3) is 0 Å². The molecule has 8 atom stereocenters. The smallest absolute Gasteiger partial charge is 0.355 e. The molecule has 2 rings (SSSR count). The Morgan fingerprint density at radius 3 is 1.83 bits per heavy atom. The number of esters is 8. The van der Waals surface area contributed by atoms with Gasteiger partial charge in [-0.3, -0.25) is 39.5 Å². The Labute approximate surface area is 261 Å². The van der Waals surface area contributed by atoms with E-state index >= 15 is 0 Å². The van der Waals surface area contributed by atoms with Crippen LogP contribution in [-0.4, -0.2) is 131 Å². The van der Waals surface area contributed by atoms with Crippen LogP contribution in [0.3, 0.4) is 0 Å². The fraction of sp³-hybridized carbons (Fsp3) is 0.654. The van der Waals surface area contributed by atoms with Crippen molar-refractivity contribution in [2.24, 2.45) is 11.0 Å². The van der Waals surface area contributed by atoms with Gasteiger partial charge in [0.25, 0.3) is 0 Å². The van der Waals surface area contributed by atoms with Gasteiger partial charge in [0.2, 0.25) is 0 Å². The second kappa shape index (κ2) is 15.9. The van der Waals surface area contributed by atoms with Gasteiger partial charge in [0.1, 0.15) is 24.7 Å². The summed E-state index contributed by atoms with van der Waals surface area (Å²) < 4.78 is 46.4. The van der Waals surface area contributed by atoms with Crippen molar-refractivity contribution < 1.29 is 81.0 Å². The van der Waals surface area contributed by atoms with Crippen LogP contribution >= 0.6 is 0 Å². The van der Waals surface area contributed by atoms with Crippen molar-refractivity contribution in [3.8, 4) is 0 Å². The zero-order chi connectivity index (χ0) is 34.9. The number of hydrazone groups is 1. The topological polar surface area (TPSA) is 256 Å². The molecule has 20 nitrogen and oxygen atoms in total. The lowest BCUT2D eigenvalue weighted by atomic mass is 9.75. The average molecular weight is 662 g/mol. The third-order valence-electron chi connectivity index (χ3n) is 6.66. The molecule has 0 saturated carbocycles. The number of hydrogen-bond acceptors (Lipinski definition) is 20. The van der Waals surface area contributed by atoms with E-state index in [2.05, 4.69) is 20.6 Å². The number of nitrogens with zero attached hydrogens (tertiary/aromatic N) is 1. The van der Waals surface area contributed by atoms with E-state index < -0.39 is 108 Å². The molecule has 0 radical (unpaired) electrons. The maximum absolute atomic E-state index is 13.5. The van der Waals surface area contributed by atoms with E-state index in [1.54, 1.807) is 0 Å². The van der Waals surface area contributed by atoms with Gasteiger partial charge in [-0.25, -0.2) is 9.59 Å². The second-order valence-corrected chi connectivity index (χ2v) is 9.66. The van der Waals surface area contributed by atoms with Crippen LogP contribution < -0.4 is 10.7 Å². The summed E-state index contributed by atoms with van der Waals surface area (Å²) in [5.74, 6) is -10.7. The van der Waals surface area contributed by atoms with Crippen LogP contribution in [0.15, 0.2) is 5.10 Å². The van der Waals surface area contributed by atoms with Gasteiger partial charge in [-0.2, -0.15) is 5.10 Å². The molecule has 0 aliphatic carbocycles. The number of hydrogen-bond donors (Lipinski definition) is 2. The van der Waals surface area contributed by atoms with Gasteiger partial charge in [-0.1, -0.05) is 0 Å². The van der Waals surface area contributed by atoms with Crippen LogP contribution in [0.1, 0.15) is 27.7 Å². The number of nitrogens with one attached hydrogen (secondary N) is 2. The van der Waals surface area contributed by atoms with Crippen molar-refractivity contribution in [1.29, 1.82) is 0 Å². The van der Waals surface area contributed by atoms with Crippen molar-refractivity contribution in [1.82, 2.24) is 10.7 Å². The van der Waals surface area contributed by atoms with E-state index in [1.165, 1.54) is 0 Å². The van der Waals surface area contributed by atoms with Crippen LogP contribution in [0.5, 0.6) is 0 Å². The molecule has 256 valence electrons. The molecule has 1 saturated heterocycles. The summed E-state index contributed by atoms with van der Waals surface area (Å²) >= 11 is 0. The van der Waals surface area contributed by atoms with E-state index in [1.807, 2.05) is 0 Å². The Balaban J connectivity index is 2.83. The molecule has 46 heavy (non-hydrogen) atoms. The maximum atomic E-state index is 13.5. The van der Waals surface area contributed by atoms with E-state index in [-0.39, 0.29) is 0 Å². The molecule has 0 bridgehead atoms. The van der Waals surface area contributed by atoms with E-state index in [0.717, 1.165) is 56.1 Å². The highest BCUT2D eigenvalue weighted by Crippen LogP contribution is 2.35. The highest BCUT2D eigenvalue weighted by atomic mass is 16.7. The Hall–Kier alpha value is -4.85. The molecule has 2 aliphatic rings. The number of carbonyl (C=O) groups excluding carboxylic acids is 8. The summed E-state index contributed by atoms with van der Waals surface area (Å²) in [6, 6.07) is -2.12. The first kappa shape index (κ1) is 37.3. The van der Waals surface area contributed by atoms with E-state index in [9.17, 15) is 38.4 Å². The molecular weight excluding hydrogens is 626 g/mol. The van der Waals surface area contributed by atoms with Crippen molar-refractivity contribution in [2.75, 3.05) is 35.0 Å². The zero-order valence-corrected chi connectivity index (χ0v) is 26.1. The van der Waals surface area contributed by atoms with Crippen LogP contribution in [0.4, 0.5) is 0 Å². The molecule has 2 N–H and O–H groups in total. The minimum Gasteiger partial charge on any atom is -0.468 e. The molecule has 6 unspecified atom stereocenters. The van der Waals surface area contributed by atoms with Crippen molar-refractivity contribution in [2.45, 2.75) is 69.9 Å². The molecule has 2 aliphatic heterocycles. The third-order valence-corrected chi connectivity index (χ3v) is 6.66. The molecule has 20 heteroatoms. The molecule has 0 aromatic rings. The minimum atomic E-state index is -2.67. The minimum absolute atomic E-state index is 0.625. The van der Waals surface area contributed by atoms with Gasteiger partial charge in [-0.05, 0) is 0 Å². The summed E-state index contributed by atoms with van der Waals surface area (Å²) in [4.78, 5) is 101. The number of rotatable bonds is 12. The number of ether oxygens (including phenoxy) is 9. The number of methoxy groups -OCH3 is 4. The normalized spacial score (nSPS) is 27.3. The standard InChI is InChI=1S/C26H35N3O17/c1-10(30)42-9-14-17(43-11(2)31)18(44-12(3)32)19(45-13(4)33)21(46-14)27-20(24(36)40-7)26(25(37)41-8)15(22(34)38-5)16(28-29-26)23(35)39-6/h14-15,17-21,27,29H,9H2,1-8H3/t14?,15?,17-,18?,19?,20?,21-,26?/m1/s1. The fourth-order valence-corrected chi connectivity index (χ4v) is 4.89. The first-order valence-electron chi connectivity index (χ1n) is 13.3. The Morgan fingerprint density at radius 1 is 0.783 bits per heavy atom. The molecule has 0 amide bonds. The van der Waals surface area contributed by atoms with Crippen molar-refractivity contribution >= 4 is 53.5 Å². The Morgan fingerprint density at radius 2 is 1.35 bits per heavy atom. The van der Waals surface area contributed by atoms with Gasteiger partial charge in [0.15, 0.2) is 35.8 Å². The summed E-state index contributed by atoms with van der Waals surface area (Å²) in [7, 11) is 3.71. The molecule has 1 fully saturated rings. The zero-order valence-electron chi connectivity index (χ0n) is 26.1. The largest absolute Gasteiger partial charge is 0.468 e. The quantitative estimate of drug-likeness (QED) is 0.156. The van der Waals surface area contributed by atoms with Crippen LogP contribution in [0.2, 0.25) is 0 Å². The SMILES string of the molecule is COC(=O)C1=NNC(C(=O)OC)(C(N[C@@H]2OC(COC(C)=O)[C@@H](OC(C)=O)C(OC(C)=O)C2OC(C)=O)C(=O)OC)C1C(=O)OC. The van der Waals surface area contributed by atoms with Crippen LogP contribution in [0, 0.1) is 5.92 Å². The molecular formula is C26H35N3O17. The summed E-state index contributed by atoms with van der Waals surface area (Å²) in [6.07, 6.45) is -8.28. The summed E-state index contributed by atoms with van der Waals surface area (Å²) in [6.45, 7) is 3.43. The van der Waals surface area contributed by atoms with Crippen molar-refractivity contribution in [3.05, 3.63) is 0 Å². The predicted molar refractivity (Wildman–Crippen MR) is 144 cm³/mol. The van der Waals surface area contributed by atoms with Crippen molar-refractivity contribution in [3.63, 3.8) is 0 Å².